The number of alkyl halides is 3. The summed E-state index contributed by atoms with van der Waals surface area (Å²) in [5, 5.41) is 8.38. The molecule has 0 unspecified atom stereocenters. The minimum absolute atomic E-state index is 0.197. The molecule has 0 N–H and O–H groups in total. The number of rotatable bonds is 7. The third-order valence-electron chi connectivity index (χ3n) is 4.72. The fourth-order valence-corrected chi connectivity index (χ4v) is 3.20. The molecule has 0 heterocycles. The first kappa shape index (κ1) is 20.3. The molecule has 1 aromatic rings. The summed E-state index contributed by atoms with van der Waals surface area (Å²) < 4.78 is 43.5. The number of hydrogen-bond acceptors (Lipinski definition) is 2. The van der Waals surface area contributed by atoms with Crippen molar-refractivity contribution in [1.29, 1.82) is 5.26 Å². The molecule has 0 atom stereocenters. The average Bonchev–Trinajstić information content (AvgIpc) is 2.63. The van der Waals surface area contributed by atoms with Gasteiger partial charge in [0.1, 0.15) is 0 Å². The van der Waals surface area contributed by atoms with E-state index in [1.165, 1.54) is 18.2 Å². The van der Waals surface area contributed by atoms with Crippen LogP contribution in [0.4, 0.5) is 13.2 Å². The Balaban J connectivity index is 1.65. The summed E-state index contributed by atoms with van der Waals surface area (Å²) in [6.45, 7) is 0.363. The van der Waals surface area contributed by atoms with Crippen LogP contribution in [0.5, 0.6) is 0 Å². The van der Waals surface area contributed by atoms with Crippen molar-refractivity contribution in [3.05, 3.63) is 59.7 Å². The molecule has 1 aliphatic carbocycles. The van der Waals surface area contributed by atoms with Gasteiger partial charge in [0.2, 0.25) is 0 Å². The summed E-state index contributed by atoms with van der Waals surface area (Å²) in [4.78, 5) is 0. The average molecular weight is 363 g/mol. The monoisotopic (exact) mass is 363 g/mol. The highest BCUT2D eigenvalue weighted by molar-refractivity contribution is 5.24. The van der Waals surface area contributed by atoms with Crippen molar-refractivity contribution in [3.8, 4) is 6.07 Å². The Morgan fingerprint density at radius 2 is 1.77 bits per heavy atom. The van der Waals surface area contributed by atoms with Crippen LogP contribution in [0, 0.1) is 17.2 Å². The highest BCUT2D eigenvalue weighted by Gasteiger charge is 2.30. The van der Waals surface area contributed by atoms with Crippen molar-refractivity contribution in [2.45, 2.75) is 57.4 Å². The van der Waals surface area contributed by atoms with E-state index in [1.807, 2.05) is 12.1 Å². The molecule has 2 nitrogen and oxygen atoms in total. The Morgan fingerprint density at radius 1 is 1.08 bits per heavy atom. The van der Waals surface area contributed by atoms with E-state index in [9.17, 15) is 13.2 Å². The fourth-order valence-electron chi connectivity index (χ4n) is 3.20. The van der Waals surface area contributed by atoms with Gasteiger partial charge < -0.3 is 4.74 Å². The normalized spacial score (nSPS) is 21.3. The van der Waals surface area contributed by atoms with E-state index in [0.717, 1.165) is 56.2 Å². The molecule has 0 aliphatic heterocycles. The molecular formula is C21H24F3NO. The summed E-state index contributed by atoms with van der Waals surface area (Å²) in [5.41, 5.74) is 0.148. The van der Waals surface area contributed by atoms with Crippen molar-refractivity contribution in [2.24, 2.45) is 5.92 Å². The van der Waals surface area contributed by atoms with Crippen LogP contribution in [-0.4, -0.2) is 6.10 Å². The first-order valence-electron chi connectivity index (χ1n) is 8.98. The molecule has 1 fully saturated rings. The molecule has 1 aromatic carbocycles. The lowest BCUT2D eigenvalue weighted by molar-refractivity contribution is -0.137. The van der Waals surface area contributed by atoms with E-state index >= 15 is 0 Å². The summed E-state index contributed by atoms with van der Waals surface area (Å²) in [5.74, 6) is 0.700. The molecule has 2 rings (SSSR count). The number of nitrogens with zero attached hydrogens (tertiary/aromatic N) is 1. The molecular weight excluding hydrogens is 339 g/mol. The number of hydrogen-bond donors (Lipinski definition) is 0. The Labute approximate surface area is 153 Å². The van der Waals surface area contributed by atoms with Gasteiger partial charge in [0.25, 0.3) is 0 Å². The van der Waals surface area contributed by atoms with Crippen molar-refractivity contribution in [2.75, 3.05) is 0 Å². The van der Waals surface area contributed by atoms with Gasteiger partial charge in [0.15, 0.2) is 0 Å². The maximum absolute atomic E-state index is 12.5. The fraction of sp³-hybridized carbons (Fsp3) is 0.476. The van der Waals surface area contributed by atoms with Gasteiger partial charge in [-0.2, -0.15) is 18.4 Å². The van der Waals surface area contributed by atoms with Gasteiger partial charge in [0.05, 0.1) is 24.3 Å². The van der Waals surface area contributed by atoms with Gasteiger partial charge in [-0.15, -0.1) is 0 Å². The lowest BCUT2D eigenvalue weighted by Gasteiger charge is -2.28. The van der Waals surface area contributed by atoms with Crippen molar-refractivity contribution >= 4 is 0 Å². The molecule has 1 saturated carbocycles. The number of allylic oxidation sites excluding steroid dienone is 4. The van der Waals surface area contributed by atoms with Crippen molar-refractivity contribution in [3.63, 3.8) is 0 Å². The Bertz CT molecular complexity index is 633. The minimum atomic E-state index is -4.29. The quantitative estimate of drug-likeness (QED) is 0.427. The van der Waals surface area contributed by atoms with E-state index in [2.05, 4.69) is 6.08 Å². The first-order chi connectivity index (χ1) is 12.5. The first-order valence-corrected chi connectivity index (χ1v) is 8.98. The van der Waals surface area contributed by atoms with E-state index in [-0.39, 0.29) is 6.10 Å². The third-order valence-corrected chi connectivity index (χ3v) is 4.72. The van der Waals surface area contributed by atoms with E-state index in [1.54, 1.807) is 6.08 Å². The molecule has 1 aliphatic rings. The van der Waals surface area contributed by atoms with E-state index in [0.29, 0.717) is 12.5 Å². The zero-order chi connectivity index (χ0) is 18.8. The lowest BCUT2D eigenvalue weighted by Crippen LogP contribution is -2.21. The second-order valence-electron chi connectivity index (χ2n) is 6.64. The second-order valence-corrected chi connectivity index (χ2v) is 6.64. The van der Waals surface area contributed by atoms with Gasteiger partial charge >= 0.3 is 6.18 Å². The van der Waals surface area contributed by atoms with Crippen molar-refractivity contribution in [1.82, 2.24) is 0 Å². The van der Waals surface area contributed by atoms with E-state index < -0.39 is 11.7 Å². The van der Waals surface area contributed by atoms with Crippen LogP contribution >= 0.6 is 0 Å². The Hall–Kier alpha value is -2.06. The highest BCUT2D eigenvalue weighted by atomic mass is 19.4. The van der Waals surface area contributed by atoms with Crippen LogP contribution in [0.2, 0.25) is 0 Å². The number of nitriles is 1. The van der Waals surface area contributed by atoms with Crippen LogP contribution < -0.4 is 0 Å². The number of ether oxygens (including phenoxy) is 1. The highest BCUT2D eigenvalue weighted by Crippen LogP contribution is 2.31. The molecule has 0 saturated heterocycles. The topological polar surface area (TPSA) is 33.0 Å². The SMILES string of the molecule is N#CC=CC=CCC[C@H]1CC[C@H](OCc2ccc(C(F)(F)F)cc2)CC1. The van der Waals surface area contributed by atoms with Gasteiger partial charge in [0, 0.05) is 6.08 Å². The Kier molecular flexibility index (Phi) is 7.93. The van der Waals surface area contributed by atoms with Crippen LogP contribution in [0.25, 0.3) is 0 Å². The summed E-state index contributed by atoms with van der Waals surface area (Å²) in [7, 11) is 0. The molecule has 0 spiro atoms. The molecule has 0 amide bonds. The lowest BCUT2D eigenvalue weighted by atomic mass is 9.84. The van der Waals surface area contributed by atoms with E-state index in [4.69, 9.17) is 10.00 Å². The van der Waals surface area contributed by atoms with Gasteiger partial charge in [-0.25, -0.2) is 0 Å². The molecule has 140 valence electrons. The maximum Gasteiger partial charge on any atom is 0.416 e. The summed E-state index contributed by atoms with van der Waals surface area (Å²) >= 11 is 0. The van der Waals surface area contributed by atoms with Crippen molar-refractivity contribution < 1.29 is 17.9 Å². The number of halogens is 3. The molecule has 0 radical (unpaired) electrons. The largest absolute Gasteiger partial charge is 0.416 e. The zero-order valence-corrected chi connectivity index (χ0v) is 14.7. The zero-order valence-electron chi connectivity index (χ0n) is 14.7. The predicted octanol–water partition coefficient (Wildman–Crippen LogP) is 6.20. The van der Waals surface area contributed by atoms with Crippen LogP contribution in [0.3, 0.4) is 0 Å². The van der Waals surface area contributed by atoms with Gasteiger partial charge in [-0.1, -0.05) is 30.4 Å². The smallest absolute Gasteiger partial charge is 0.374 e. The van der Waals surface area contributed by atoms with Gasteiger partial charge in [-0.05, 0) is 62.1 Å². The van der Waals surface area contributed by atoms with Crippen LogP contribution in [0.1, 0.15) is 49.7 Å². The van der Waals surface area contributed by atoms with Crippen LogP contribution in [-0.2, 0) is 17.5 Å². The number of benzene rings is 1. The standard InChI is InChI=1S/C21H24F3NO/c22-21(23,24)19-11-7-18(8-12-19)16-26-20-13-9-17(10-14-20)6-4-2-1-3-5-15-25/h1-3,5,7-8,11-12,17,20H,4,6,9-10,13-14,16H2/t17-,20-. The molecule has 0 bridgehead atoms. The third kappa shape index (κ3) is 7.05. The predicted molar refractivity (Wildman–Crippen MR) is 95.1 cm³/mol. The minimum Gasteiger partial charge on any atom is -0.374 e. The van der Waals surface area contributed by atoms with Crippen LogP contribution in [0.15, 0.2) is 48.6 Å². The summed E-state index contributed by atoms with van der Waals surface area (Å²) in [6.07, 6.45) is 9.50. The molecule has 5 heteroatoms. The van der Waals surface area contributed by atoms with Gasteiger partial charge in [-0.3, -0.25) is 0 Å². The second kappa shape index (κ2) is 10.2. The molecule has 0 aromatic heterocycles. The summed E-state index contributed by atoms with van der Waals surface area (Å²) in [6, 6.07) is 7.14. The maximum atomic E-state index is 12.5. The Morgan fingerprint density at radius 3 is 2.38 bits per heavy atom. The molecule has 26 heavy (non-hydrogen) atoms.